The summed E-state index contributed by atoms with van der Waals surface area (Å²) in [7, 11) is 3.22. The highest BCUT2D eigenvalue weighted by Crippen LogP contribution is 2.50. The standard InChI is InChI=1S/C19H16BrNO4/c1-23-15-8-10(7-13(20)18(15)24-2)17-11-5-3-4-6-14(11)25-19-12(17)9-16(22)21-19/h3-9,17,21-22H,1-2H3. The Hall–Kier alpha value is -2.60. The molecule has 3 aromatic rings. The summed E-state index contributed by atoms with van der Waals surface area (Å²) in [5.41, 5.74) is 2.89. The molecule has 1 aliphatic rings. The minimum atomic E-state index is -0.104. The molecule has 0 saturated heterocycles. The molecule has 25 heavy (non-hydrogen) atoms. The number of aromatic nitrogens is 1. The molecule has 2 heterocycles. The zero-order chi connectivity index (χ0) is 17.6. The van der Waals surface area contributed by atoms with Crippen LogP contribution in [0.25, 0.3) is 0 Å². The average Bonchev–Trinajstić information content (AvgIpc) is 2.98. The number of rotatable bonds is 3. The zero-order valence-corrected chi connectivity index (χ0v) is 15.3. The third-order valence-electron chi connectivity index (χ3n) is 4.34. The highest BCUT2D eigenvalue weighted by atomic mass is 79.9. The van der Waals surface area contributed by atoms with Crippen molar-refractivity contribution in [3.05, 3.63) is 63.6 Å². The molecular weight excluding hydrogens is 386 g/mol. The maximum atomic E-state index is 9.92. The summed E-state index contributed by atoms with van der Waals surface area (Å²) in [6.07, 6.45) is 0. The van der Waals surface area contributed by atoms with E-state index in [4.69, 9.17) is 14.2 Å². The SMILES string of the molecule is COc1cc(C2c3ccccc3Oc3[nH]c(O)cc32)cc(Br)c1OC. The second kappa shape index (κ2) is 6.04. The van der Waals surface area contributed by atoms with Gasteiger partial charge in [-0.25, -0.2) is 0 Å². The van der Waals surface area contributed by atoms with Crippen molar-refractivity contribution in [2.45, 2.75) is 5.92 Å². The van der Waals surface area contributed by atoms with Crippen molar-refractivity contribution in [1.29, 1.82) is 0 Å². The van der Waals surface area contributed by atoms with Gasteiger partial charge in [0.05, 0.1) is 18.7 Å². The van der Waals surface area contributed by atoms with Crippen LogP contribution in [0, 0.1) is 0 Å². The molecule has 0 bridgehead atoms. The lowest BCUT2D eigenvalue weighted by atomic mass is 9.84. The van der Waals surface area contributed by atoms with Crippen LogP contribution in [-0.2, 0) is 0 Å². The predicted octanol–water partition coefficient (Wildman–Crippen LogP) is 4.79. The van der Waals surface area contributed by atoms with Crippen LogP contribution in [-0.4, -0.2) is 24.3 Å². The first kappa shape index (κ1) is 15.9. The number of fused-ring (bicyclic) bond motifs is 2. The van der Waals surface area contributed by atoms with E-state index in [1.165, 1.54) is 0 Å². The molecule has 2 aromatic carbocycles. The first-order valence-electron chi connectivity index (χ1n) is 7.72. The maximum absolute atomic E-state index is 9.92. The van der Waals surface area contributed by atoms with Gasteiger partial charge < -0.3 is 19.3 Å². The summed E-state index contributed by atoms with van der Waals surface area (Å²) in [6.45, 7) is 0. The van der Waals surface area contributed by atoms with Crippen LogP contribution in [0.2, 0.25) is 0 Å². The van der Waals surface area contributed by atoms with Gasteiger partial charge in [-0.2, -0.15) is 0 Å². The van der Waals surface area contributed by atoms with Crippen molar-refractivity contribution < 1.29 is 19.3 Å². The minimum absolute atomic E-state index is 0.0716. The number of ether oxygens (including phenoxy) is 3. The van der Waals surface area contributed by atoms with Gasteiger partial charge in [0.1, 0.15) is 5.75 Å². The van der Waals surface area contributed by atoms with Crippen LogP contribution in [0.4, 0.5) is 0 Å². The Kier molecular flexibility index (Phi) is 3.84. The smallest absolute Gasteiger partial charge is 0.204 e. The van der Waals surface area contributed by atoms with Crippen LogP contribution in [0.1, 0.15) is 22.6 Å². The lowest BCUT2D eigenvalue weighted by Gasteiger charge is -2.26. The quantitative estimate of drug-likeness (QED) is 0.518. The summed E-state index contributed by atoms with van der Waals surface area (Å²) in [5.74, 6) is 2.55. The molecule has 5 nitrogen and oxygen atoms in total. The molecule has 6 heteroatoms. The van der Waals surface area contributed by atoms with E-state index < -0.39 is 0 Å². The number of methoxy groups -OCH3 is 2. The molecule has 0 saturated carbocycles. The molecule has 1 unspecified atom stereocenters. The molecule has 1 aliphatic heterocycles. The first-order valence-corrected chi connectivity index (χ1v) is 8.51. The molecule has 1 atom stereocenters. The summed E-state index contributed by atoms with van der Waals surface area (Å²) in [6, 6.07) is 13.5. The van der Waals surface area contributed by atoms with E-state index in [0.717, 1.165) is 26.9 Å². The second-order valence-electron chi connectivity index (χ2n) is 5.75. The number of para-hydroxylation sites is 1. The van der Waals surface area contributed by atoms with Gasteiger partial charge >= 0.3 is 0 Å². The van der Waals surface area contributed by atoms with Gasteiger partial charge in [-0.05, 0) is 39.7 Å². The molecule has 0 amide bonds. The number of H-pyrrole nitrogens is 1. The number of aromatic amines is 1. The summed E-state index contributed by atoms with van der Waals surface area (Å²) < 4.78 is 17.6. The average molecular weight is 402 g/mol. The van der Waals surface area contributed by atoms with Crippen LogP contribution < -0.4 is 14.2 Å². The summed E-state index contributed by atoms with van der Waals surface area (Å²) >= 11 is 3.56. The minimum Gasteiger partial charge on any atom is -0.495 e. The van der Waals surface area contributed by atoms with Crippen LogP contribution in [0.15, 0.2) is 46.9 Å². The summed E-state index contributed by atoms with van der Waals surface area (Å²) in [5, 5.41) is 9.92. The van der Waals surface area contributed by atoms with Crippen LogP contribution in [0.3, 0.4) is 0 Å². The molecular formula is C19H16BrNO4. The van der Waals surface area contributed by atoms with Crippen molar-refractivity contribution >= 4 is 15.9 Å². The fraction of sp³-hybridized carbons (Fsp3) is 0.158. The Balaban J connectivity index is 1.95. The van der Waals surface area contributed by atoms with E-state index in [1.807, 2.05) is 36.4 Å². The number of hydrogen-bond acceptors (Lipinski definition) is 4. The van der Waals surface area contributed by atoms with Gasteiger partial charge in [0.15, 0.2) is 17.4 Å². The molecule has 0 spiro atoms. The van der Waals surface area contributed by atoms with Crippen LogP contribution >= 0.6 is 15.9 Å². The van der Waals surface area contributed by atoms with Gasteiger partial charge in [-0.1, -0.05) is 18.2 Å². The Morgan fingerprint density at radius 3 is 2.64 bits per heavy atom. The number of aromatic hydroxyl groups is 1. The second-order valence-corrected chi connectivity index (χ2v) is 6.60. The number of hydrogen-bond donors (Lipinski definition) is 2. The van der Waals surface area contributed by atoms with Crippen molar-refractivity contribution in [3.63, 3.8) is 0 Å². The topological polar surface area (TPSA) is 63.7 Å². The van der Waals surface area contributed by atoms with Gasteiger partial charge in [-0.15, -0.1) is 0 Å². The molecule has 2 N–H and O–H groups in total. The summed E-state index contributed by atoms with van der Waals surface area (Å²) in [4.78, 5) is 2.87. The van der Waals surface area contributed by atoms with Crippen LogP contribution in [0.5, 0.6) is 29.0 Å². The maximum Gasteiger partial charge on any atom is 0.204 e. The van der Waals surface area contributed by atoms with E-state index >= 15 is 0 Å². The van der Waals surface area contributed by atoms with Crippen molar-refractivity contribution in [2.24, 2.45) is 0 Å². The highest BCUT2D eigenvalue weighted by molar-refractivity contribution is 9.10. The zero-order valence-electron chi connectivity index (χ0n) is 13.7. The monoisotopic (exact) mass is 401 g/mol. The van der Waals surface area contributed by atoms with E-state index in [-0.39, 0.29) is 11.8 Å². The van der Waals surface area contributed by atoms with Gasteiger partial charge in [0.2, 0.25) is 5.88 Å². The van der Waals surface area contributed by atoms with Crippen molar-refractivity contribution in [2.75, 3.05) is 14.2 Å². The molecule has 0 fully saturated rings. The lowest BCUT2D eigenvalue weighted by Crippen LogP contribution is -2.11. The Bertz CT molecular complexity index is 951. The van der Waals surface area contributed by atoms with Crippen molar-refractivity contribution in [3.8, 4) is 29.0 Å². The fourth-order valence-corrected chi connectivity index (χ4v) is 3.91. The molecule has 128 valence electrons. The number of benzene rings is 2. The Labute approximate surface area is 153 Å². The molecule has 4 rings (SSSR count). The normalized spacial score (nSPS) is 15.1. The number of nitrogens with one attached hydrogen (secondary N) is 1. The van der Waals surface area contributed by atoms with E-state index in [2.05, 4.69) is 20.9 Å². The van der Waals surface area contributed by atoms with Crippen molar-refractivity contribution in [1.82, 2.24) is 4.98 Å². The van der Waals surface area contributed by atoms with Gasteiger partial charge in [0, 0.05) is 23.1 Å². The largest absolute Gasteiger partial charge is 0.495 e. The molecule has 1 aromatic heterocycles. The predicted molar refractivity (Wildman–Crippen MR) is 97.2 cm³/mol. The Morgan fingerprint density at radius 2 is 1.88 bits per heavy atom. The first-order chi connectivity index (χ1) is 12.1. The van der Waals surface area contributed by atoms with Gasteiger partial charge in [0.25, 0.3) is 0 Å². The highest BCUT2D eigenvalue weighted by Gasteiger charge is 2.31. The fourth-order valence-electron chi connectivity index (χ4n) is 3.29. The molecule has 0 aliphatic carbocycles. The van der Waals surface area contributed by atoms with E-state index in [9.17, 15) is 5.11 Å². The van der Waals surface area contributed by atoms with E-state index in [0.29, 0.717) is 17.4 Å². The van der Waals surface area contributed by atoms with E-state index in [1.54, 1.807) is 20.3 Å². The van der Waals surface area contributed by atoms with Gasteiger partial charge in [-0.3, -0.25) is 4.98 Å². The lowest BCUT2D eigenvalue weighted by molar-refractivity contribution is 0.352. The Morgan fingerprint density at radius 1 is 1.08 bits per heavy atom. The number of halogens is 1. The third-order valence-corrected chi connectivity index (χ3v) is 4.93. The molecule has 0 radical (unpaired) electrons. The third kappa shape index (κ3) is 2.53.